The smallest absolute Gasteiger partial charge is 0.146 e. The summed E-state index contributed by atoms with van der Waals surface area (Å²) >= 11 is 5.78. The summed E-state index contributed by atoms with van der Waals surface area (Å²) < 4.78 is 13.7. The van der Waals surface area contributed by atoms with Gasteiger partial charge in [-0.2, -0.15) is 0 Å². The van der Waals surface area contributed by atoms with E-state index in [1.165, 1.54) is 19.3 Å². The van der Waals surface area contributed by atoms with Crippen molar-refractivity contribution >= 4 is 11.6 Å². The molecule has 0 saturated heterocycles. The number of hydrogen-bond acceptors (Lipinski definition) is 1. The van der Waals surface area contributed by atoms with E-state index in [2.05, 4.69) is 19.2 Å². The highest BCUT2D eigenvalue weighted by Gasteiger charge is 2.31. The highest BCUT2D eigenvalue weighted by Crippen LogP contribution is 2.34. The van der Waals surface area contributed by atoms with Crippen LogP contribution in [0.3, 0.4) is 0 Å². The largest absolute Gasteiger partial charge is 0.310 e. The molecule has 2 rings (SSSR count). The Morgan fingerprint density at radius 1 is 1.39 bits per heavy atom. The summed E-state index contributed by atoms with van der Waals surface area (Å²) in [5, 5.41) is 3.69. The van der Waals surface area contributed by atoms with Gasteiger partial charge in [-0.1, -0.05) is 44.0 Å². The summed E-state index contributed by atoms with van der Waals surface area (Å²) in [7, 11) is 0. The lowest BCUT2D eigenvalue weighted by molar-refractivity contribution is 0.343. The van der Waals surface area contributed by atoms with Gasteiger partial charge in [0.15, 0.2) is 0 Å². The summed E-state index contributed by atoms with van der Waals surface area (Å²) in [4.78, 5) is 0. The van der Waals surface area contributed by atoms with Crippen LogP contribution in [0.4, 0.5) is 4.39 Å². The predicted molar refractivity (Wildman–Crippen MR) is 74.2 cm³/mol. The van der Waals surface area contributed by atoms with E-state index < -0.39 is 0 Å². The monoisotopic (exact) mass is 269 g/mol. The van der Waals surface area contributed by atoms with E-state index in [-0.39, 0.29) is 10.8 Å². The molecule has 1 nitrogen and oxygen atoms in total. The molecule has 1 aliphatic rings. The van der Waals surface area contributed by atoms with Crippen LogP contribution >= 0.6 is 11.6 Å². The fraction of sp³-hybridized carbons (Fsp3) is 0.600. The molecule has 0 aliphatic heterocycles. The van der Waals surface area contributed by atoms with E-state index in [1.807, 2.05) is 0 Å². The van der Waals surface area contributed by atoms with Gasteiger partial charge in [0.2, 0.25) is 0 Å². The maximum absolute atomic E-state index is 13.7. The molecule has 0 spiro atoms. The summed E-state index contributed by atoms with van der Waals surface area (Å²) in [5.41, 5.74) is 0.662. The molecule has 0 bridgehead atoms. The van der Waals surface area contributed by atoms with Crippen LogP contribution in [0.25, 0.3) is 0 Å². The highest BCUT2D eigenvalue weighted by atomic mass is 35.5. The molecular formula is C15H21ClFN. The molecule has 0 amide bonds. The summed E-state index contributed by atoms with van der Waals surface area (Å²) in [6.07, 6.45) is 3.72. The first-order chi connectivity index (χ1) is 8.63. The van der Waals surface area contributed by atoms with E-state index >= 15 is 0 Å². The van der Waals surface area contributed by atoms with Gasteiger partial charge in [-0.25, -0.2) is 4.39 Å². The number of halogens is 2. The van der Waals surface area contributed by atoms with Crippen LogP contribution in [0, 0.1) is 17.7 Å². The van der Waals surface area contributed by atoms with Gasteiger partial charge < -0.3 is 5.32 Å². The predicted octanol–water partition coefficient (Wildman–Crippen LogP) is 4.39. The molecule has 1 saturated carbocycles. The molecule has 0 radical (unpaired) electrons. The number of benzene rings is 1. The van der Waals surface area contributed by atoms with Crippen LogP contribution < -0.4 is 5.32 Å². The van der Waals surface area contributed by atoms with E-state index in [4.69, 9.17) is 11.6 Å². The Morgan fingerprint density at radius 3 is 2.83 bits per heavy atom. The fourth-order valence-corrected chi connectivity index (χ4v) is 3.23. The second-order valence-electron chi connectivity index (χ2n) is 5.31. The van der Waals surface area contributed by atoms with Crippen molar-refractivity contribution in [1.82, 2.24) is 5.32 Å². The zero-order chi connectivity index (χ0) is 13.1. The van der Waals surface area contributed by atoms with Gasteiger partial charge in [0.25, 0.3) is 0 Å². The van der Waals surface area contributed by atoms with Crippen LogP contribution in [0.2, 0.25) is 5.02 Å². The summed E-state index contributed by atoms with van der Waals surface area (Å²) in [6, 6.07) is 5.69. The van der Waals surface area contributed by atoms with Crippen molar-refractivity contribution < 1.29 is 4.39 Å². The average molecular weight is 270 g/mol. The van der Waals surface area contributed by atoms with Crippen molar-refractivity contribution in [3.8, 4) is 0 Å². The molecule has 1 aromatic rings. The maximum Gasteiger partial charge on any atom is 0.146 e. The normalized spacial score (nSPS) is 27.7. The van der Waals surface area contributed by atoms with Crippen molar-refractivity contribution in [2.24, 2.45) is 11.8 Å². The Labute approximate surface area is 114 Å². The molecule has 100 valence electrons. The van der Waals surface area contributed by atoms with E-state index in [0.29, 0.717) is 24.1 Å². The maximum atomic E-state index is 13.7. The van der Waals surface area contributed by atoms with E-state index in [0.717, 1.165) is 5.92 Å². The zero-order valence-corrected chi connectivity index (χ0v) is 11.8. The molecule has 3 heteroatoms. The number of nitrogens with one attached hydrogen (secondary N) is 1. The second kappa shape index (κ2) is 6.03. The molecule has 3 atom stereocenters. The van der Waals surface area contributed by atoms with E-state index in [1.54, 1.807) is 18.2 Å². The van der Waals surface area contributed by atoms with Gasteiger partial charge in [-0.15, -0.1) is 0 Å². The lowest BCUT2D eigenvalue weighted by Crippen LogP contribution is -2.32. The molecule has 1 N–H and O–H groups in total. The minimum absolute atomic E-state index is 0.209. The van der Waals surface area contributed by atoms with E-state index in [9.17, 15) is 4.39 Å². The number of hydrogen-bond donors (Lipinski definition) is 1. The Hall–Kier alpha value is -0.600. The van der Waals surface area contributed by atoms with Crippen molar-refractivity contribution in [3.05, 3.63) is 34.6 Å². The standard InChI is InChI=1S/C15H21ClFN/c1-3-11-7-8-14(10(11)2)18-9-12-5-4-6-13(16)15(12)17/h4-6,10-11,14,18H,3,7-9H2,1-2H3. The fourth-order valence-electron chi connectivity index (χ4n) is 3.04. The van der Waals surface area contributed by atoms with Crippen molar-refractivity contribution in [3.63, 3.8) is 0 Å². The zero-order valence-electron chi connectivity index (χ0n) is 11.0. The van der Waals surface area contributed by atoms with Crippen LogP contribution in [0.5, 0.6) is 0 Å². The van der Waals surface area contributed by atoms with Gasteiger partial charge in [-0.3, -0.25) is 0 Å². The van der Waals surface area contributed by atoms with Crippen molar-refractivity contribution in [1.29, 1.82) is 0 Å². The van der Waals surface area contributed by atoms with Crippen molar-refractivity contribution in [2.45, 2.75) is 45.7 Å². The summed E-state index contributed by atoms with van der Waals surface area (Å²) in [5.74, 6) is 1.20. The number of rotatable bonds is 4. The quantitative estimate of drug-likeness (QED) is 0.855. The molecule has 3 unspecified atom stereocenters. The first kappa shape index (κ1) is 13.8. The van der Waals surface area contributed by atoms with Gasteiger partial charge >= 0.3 is 0 Å². The first-order valence-corrected chi connectivity index (χ1v) is 7.17. The van der Waals surface area contributed by atoms with Gasteiger partial charge in [-0.05, 0) is 30.7 Å². The van der Waals surface area contributed by atoms with Gasteiger partial charge in [0.05, 0.1) is 5.02 Å². The molecule has 1 aliphatic carbocycles. The Morgan fingerprint density at radius 2 is 2.17 bits per heavy atom. The first-order valence-electron chi connectivity index (χ1n) is 6.79. The molecule has 0 aromatic heterocycles. The van der Waals surface area contributed by atoms with Crippen LogP contribution in [-0.2, 0) is 6.54 Å². The Bertz CT molecular complexity index is 407. The minimum atomic E-state index is -0.288. The van der Waals surface area contributed by atoms with Crippen LogP contribution in [0.15, 0.2) is 18.2 Å². The molecule has 18 heavy (non-hydrogen) atoms. The van der Waals surface area contributed by atoms with Crippen LogP contribution in [0.1, 0.15) is 38.7 Å². The van der Waals surface area contributed by atoms with Crippen molar-refractivity contribution in [2.75, 3.05) is 0 Å². The topological polar surface area (TPSA) is 12.0 Å². The Kier molecular flexibility index (Phi) is 4.63. The lowest BCUT2D eigenvalue weighted by atomic mass is 9.93. The lowest BCUT2D eigenvalue weighted by Gasteiger charge is -2.21. The Balaban J connectivity index is 1.94. The van der Waals surface area contributed by atoms with Gasteiger partial charge in [0, 0.05) is 18.2 Å². The SMILES string of the molecule is CCC1CCC(NCc2cccc(Cl)c2F)C1C. The summed E-state index contributed by atoms with van der Waals surface area (Å²) in [6.45, 7) is 5.12. The molecule has 1 aromatic carbocycles. The second-order valence-corrected chi connectivity index (χ2v) is 5.71. The van der Waals surface area contributed by atoms with Crippen LogP contribution in [-0.4, -0.2) is 6.04 Å². The average Bonchev–Trinajstić information content (AvgIpc) is 2.72. The third kappa shape index (κ3) is 2.86. The third-order valence-corrected chi connectivity index (χ3v) is 4.63. The third-order valence-electron chi connectivity index (χ3n) is 4.34. The minimum Gasteiger partial charge on any atom is -0.310 e. The molecule has 0 heterocycles. The highest BCUT2D eigenvalue weighted by molar-refractivity contribution is 6.30. The molecular weight excluding hydrogens is 249 g/mol. The molecule has 1 fully saturated rings. The van der Waals surface area contributed by atoms with Gasteiger partial charge in [0.1, 0.15) is 5.82 Å².